The molecule has 122 valence electrons. The molecule has 0 bridgehead atoms. The van der Waals surface area contributed by atoms with Gasteiger partial charge < -0.3 is 20.7 Å². The van der Waals surface area contributed by atoms with Gasteiger partial charge in [0.1, 0.15) is 0 Å². The molecule has 1 heterocycles. The Morgan fingerprint density at radius 3 is 2.52 bits per heavy atom. The standard InChI is InChI=1S/C17H21N3O3/c21-16(20-13-7-2-1-3-8-13)14(15-10-6-12-18-15)9-4-5-11-19-17(22)23/h1-3,6-8,10,12,14,18-19H,4-5,9,11H2,(H,20,21)(H,22,23). The predicted octanol–water partition coefficient (Wildman–Crippen LogP) is 3.17. The number of anilines is 1. The number of carbonyl (C=O) groups excluding carboxylic acids is 1. The molecule has 0 aliphatic heterocycles. The van der Waals surface area contributed by atoms with Gasteiger partial charge in [-0.25, -0.2) is 4.79 Å². The van der Waals surface area contributed by atoms with Crippen LogP contribution in [0.1, 0.15) is 30.9 Å². The van der Waals surface area contributed by atoms with Gasteiger partial charge in [0.15, 0.2) is 0 Å². The molecule has 0 saturated carbocycles. The van der Waals surface area contributed by atoms with E-state index in [4.69, 9.17) is 5.11 Å². The monoisotopic (exact) mass is 315 g/mol. The molecule has 2 aromatic rings. The van der Waals surface area contributed by atoms with Crippen LogP contribution in [0.3, 0.4) is 0 Å². The summed E-state index contributed by atoms with van der Waals surface area (Å²) < 4.78 is 0. The smallest absolute Gasteiger partial charge is 0.404 e. The molecule has 6 heteroatoms. The van der Waals surface area contributed by atoms with E-state index >= 15 is 0 Å². The lowest BCUT2D eigenvalue weighted by atomic mass is 9.97. The van der Waals surface area contributed by atoms with Crippen molar-refractivity contribution >= 4 is 17.7 Å². The molecule has 0 saturated heterocycles. The molecule has 6 nitrogen and oxygen atoms in total. The number of aromatic amines is 1. The van der Waals surface area contributed by atoms with Crippen LogP contribution in [-0.2, 0) is 4.79 Å². The van der Waals surface area contributed by atoms with Crippen LogP contribution in [-0.4, -0.2) is 28.6 Å². The van der Waals surface area contributed by atoms with Gasteiger partial charge in [-0.15, -0.1) is 0 Å². The minimum absolute atomic E-state index is 0.0650. The van der Waals surface area contributed by atoms with Crippen LogP contribution in [0.2, 0.25) is 0 Å². The SMILES string of the molecule is O=C(O)NCCCCC(C(=O)Nc1ccccc1)c1ccc[nH]1. The number of hydrogen-bond donors (Lipinski definition) is 4. The van der Waals surface area contributed by atoms with E-state index in [1.165, 1.54) is 0 Å². The van der Waals surface area contributed by atoms with Crippen LogP contribution >= 0.6 is 0 Å². The van der Waals surface area contributed by atoms with Crippen molar-refractivity contribution in [3.63, 3.8) is 0 Å². The molecule has 23 heavy (non-hydrogen) atoms. The van der Waals surface area contributed by atoms with Gasteiger partial charge in [0.05, 0.1) is 5.92 Å². The lowest BCUT2D eigenvalue weighted by Gasteiger charge is -2.16. The van der Waals surface area contributed by atoms with Gasteiger partial charge in [-0.3, -0.25) is 4.79 Å². The number of carbonyl (C=O) groups is 2. The molecule has 0 fully saturated rings. The van der Waals surface area contributed by atoms with E-state index in [-0.39, 0.29) is 11.8 Å². The average Bonchev–Trinajstić information content (AvgIpc) is 3.05. The third-order valence-corrected chi connectivity index (χ3v) is 3.55. The second-order valence-electron chi connectivity index (χ2n) is 5.26. The Bertz CT molecular complexity index is 611. The third-order valence-electron chi connectivity index (χ3n) is 3.55. The highest BCUT2D eigenvalue weighted by Gasteiger charge is 2.21. The summed E-state index contributed by atoms with van der Waals surface area (Å²) in [4.78, 5) is 26.0. The number of unbranched alkanes of at least 4 members (excludes halogenated alkanes) is 1. The van der Waals surface area contributed by atoms with Crippen molar-refractivity contribution in [2.24, 2.45) is 0 Å². The summed E-state index contributed by atoms with van der Waals surface area (Å²) in [6.45, 7) is 0.396. The van der Waals surface area contributed by atoms with E-state index in [1.54, 1.807) is 6.20 Å². The predicted molar refractivity (Wildman–Crippen MR) is 88.5 cm³/mol. The molecule has 2 amide bonds. The van der Waals surface area contributed by atoms with E-state index in [9.17, 15) is 9.59 Å². The topological polar surface area (TPSA) is 94.2 Å². The molecule has 1 atom stereocenters. The van der Waals surface area contributed by atoms with Gasteiger partial charge >= 0.3 is 6.09 Å². The van der Waals surface area contributed by atoms with E-state index < -0.39 is 6.09 Å². The normalized spacial score (nSPS) is 11.7. The second kappa shape index (κ2) is 8.63. The highest BCUT2D eigenvalue weighted by molar-refractivity contribution is 5.95. The summed E-state index contributed by atoms with van der Waals surface area (Å²) in [6, 6.07) is 13.1. The van der Waals surface area contributed by atoms with Gasteiger partial charge in [-0.2, -0.15) is 0 Å². The van der Waals surface area contributed by atoms with Crippen LogP contribution < -0.4 is 10.6 Å². The van der Waals surface area contributed by atoms with E-state index in [1.807, 2.05) is 42.5 Å². The first-order valence-corrected chi connectivity index (χ1v) is 7.63. The summed E-state index contributed by atoms with van der Waals surface area (Å²) in [5.41, 5.74) is 1.63. The van der Waals surface area contributed by atoms with Gasteiger partial charge in [-0.1, -0.05) is 24.6 Å². The zero-order valence-electron chi connectivity index (χ0n) is 12.8. The number of amides is 2. The molecular formula is C17H21N3O3. The van der Waals surface area contributed by atoms with Crippen LogP contribution in [0, 0.1) is 0 Å². The molecule has 1 unspecified atom stereocenters. The molecule has 1 aromatic heterocycles. The molecule has 1 aromatic carbocycles. The Balaban J connectivity index is 1.92. The summed E-state index contributed by atoms with van der Waals surface area (Å²) >= 11 is 0. The summed E-state index contributed by atoms with van der Waals surface area (Å²) in [5.74, 6) is -0.347. The Morgan fingerprint density at radius 1 is 1.09 bits per heavy atom. The van der Waals surface area contributed by atoms with Gasteiger partial charge in [0.2, 0.25) is 5.91 Å². The van der Waals surface area contributed by atoms with Crippen molar-refractivity contribution < 1.29 is 14.7 Å². The van der Waals surface area contributed by atoms with Crippen molar-refractivity contribution in [1.29, 1.82) is 0 Å². The van der Waals surface area contributed by atoms with Crippen molar-refractivity contribution in [1.82, 2.24) is 10.3 Å². The van der Waals surface area contributed by atoms with Crippen molar-refractivity contribution in [3.05, 3.63) is 54.4 Å². The fourth-order valence-electron chi connectivity index (χ4n) is 2.41. The minimum atomic E-state index is -1.02. The van der Waals surface area contributed by atoms with Crippen molar-refractivity contribution in [3.8, 4) is 0 Å². The second-order valence-corrected chi connectivity index (χ2v) is 5.26. The lowest BCUT2D eigenvalue weighted by molar-refractivity contribution is -0.117. The fraction of sp³-hybridized carbons (Fsp3) is 0.294. The molecule has 0 aliphatic carbocycles. The number of benzene rings is 1. The average molecular weight is 315 g/mol. The first-order valence-electron chi connectivity index (χ1n) is 7.63. The molecule has 0 spiro atoms. The zero-order chi connectivity index (χ0) is 16.5. The number of H-pyrrole nitrogens is 1. The quantitative estimate of drug-likeness (QED) is 0.564. The Kier molecular flexibility index (Phi) is 6.23. The summed E-state index contributed by atoms with van der Waals surface area (Å²) in [5, 5.41) is 13.8. The number of carboxylic acid groups (broad SMARTS) is 1. The highest BCUT2D eigenvalue weighted by atomic mass is 16.4. The van der Waals surface area contributed by atoms with Gasteiger partial charge in [0.25, 0.3) is 0 Å². The number of nitrogens with one attached hydrogen (secondary N) is 3. The maximum atomic E-state index is 12.5. The van der Waals surface area contributed by atoms with Crippen LogP contribution in [0.4, 0.5) is 10.5 Å². The van der Waals surface area contributed by atoms with Crippen LogP contribution in [0.15, 0.2) is 48.7 Å². The van der Waals surface area contributed by atoms with E-state index in [2.05, 4.69) is 15.6 Å². The number of rotatable bonds is 8. The van der Waals surface area contributed by atoms with Crippen molar-refractivity contribution in [2.45, 2.75) is 25.2 Å². The molecule has 0 aliphatic rings. The Hall–Kier alpha value is -2.76. The first-order chi connectivity index (χ1) is 11.2. The molecular weight excluding hydrogens is 294 g/mol. The highest BCUT2D eigenvalue weighted by Crippen LogP contribution is 2.22. The number of aromatic nitrogens is 1. The third kappa shape index (κ3) is 5.50. The maximum absolute atomic E-state index is 12.5. The van der Waals surface area contributed by atoms with Crippen molar-refractivity contribution in [2.75, 3.05) is 11.9 Å². The fourth-order valence-corrected chi connectivity index (χ4v) is 2.41. The molecule has 2 rings (SSSR count). The number of hydrogen-bond acceptors (Lipinski definition) is 2. The summed E-state index contributed by atoms with van der Waals surface area (Å²) in [6.07, 6.45) is 2.88. The Labute approximate surface area is 134 Å². The largest absolute Gasteiger partial charge is 0.465 e. The first kappa shape index (κ1) is 16.6. The summed E-state index contributed by atoms with van der Waals surface area (Å²) in [7, 11) is 0. The minimum Gasteiger partial charge on any atom is -0.465 e. The van der Waals surface area contributed by atoms with Gasteiger partial charge in [0, 0.05) is 24.1 Å². The van der Waals surface area contributed by atoms with E-state index in [0.717, 1.165) is 17.8 Å². The van der Waals surface area contributed by atoms with E-state index in [0.29, 0.717) is 19.4 Å². The Morgan fingerprint density at radius 2 is 1.87 bits per heavy atom. The van der Waals surface area contributed by atoms with Gasteiger partial charge in [-0.05, 0) is 37.1 Å². The number of para-hydroxylation sites is 1. The molecule has 0 radical (unpaired) electrons. The maximum Gasteiger partial charge on any atom is 0.404 e. The van der Waals surface area contributed by atoms with Crippen LogP contribution in [0.25, 0.3) is 0 Å². The molecule has 4 N–H and O–H groups in total. The lowest BCUT2D eigenvalue weighted by Crippen LogP contribution is -2.23. The van der Waals surface area contributed by atoms with Crippen LogP contribution in [0.5, 0.6) is 0 Å². The zero-order valence-corrected chi connectivity index (χ0v) is 12.8.